The number of rotatable bonds is 3. The number of hydrogen-bond acceptors (Lipinski definition) is 4. The van der Waals surface area contributed by atoms with Crippen LogP contribution in [0.2, 0.25) is 0 Å². The second-order valence-electron chi connectivity index (χ2n) is 3.38. The Bertz CT molecular complexity index is 502. The Kier molecular flexibility index (Phi) is 3.01. The normalized spacial score (nSPS) is 10.3. The molecule has 0 unspecified atom stereocenters. The van der Waals surface area contributed by atoms with Crippen LogP contribution in [0.15, 0.2) is 29.6 Å². The maximum atomic E-state index is 10.6. The van der Waals surface area contributed by atoms with Gasteiger partial charge in [0.15, 0.2) is 0 Å². The predicted octanol–water partition coefficient (Wildman–Crippen LogP) is 1.74. The molecule has 2 aromatic rings. The number of thiazole rings is 1. The molecule has 0 fully saturated rings. The summed E-state index contributed by atoms with van der Waals surface area (Å²) in [6.07, 6.45) is 0.989. The quantitative estimate of drug-likeness (QED) is 0.810. The third-order valence-electron chi connectivity index (χ3n) is 2.32. The molecule has 0 aliphatic heterocycles. The van der Waals surface area contributed by atoms with Crippen molar-refractivity contribution in [3.8, 4) is 10.6 Å². The van der Waals surface area contributed by atoms with E-state index in [9.17, 15) is 9.90 Å². The zero-order chi connectivity index (χ0) is 11.5. The van der Waals surface area contributed by atoms with Gasteiger partial charge in [-0.3, -0.25) is 0 Å². The molecule has 82 valence electrons. The number of nitrogens with zero attached hydrogens (tertiary/aromatic N) is 1. The molecule has 0 saturated carbocycles. The highest BCUT2D eigenvalue weighted by Crippen LogP contribution is 2.23. The summed E-state index contributed by atoms with van der Waals surface area (Å²) in [5.41, 5.74) is 2.19. The highest BCUT2D eigenvalue weighted by Gasteiger charge is 2.04. The van der Waals surface area contributed by atoms with Gasteiger partial charge in [-0.2, -0.15) is 0 Å². The topological polar surface area (TPSA) is 53.0 Å². The molecule has 0 radical (unpaired) electrons. The first-order chi connectivity index (χ1) is 7.70. The standard InChI is InChI=1S/C12H11NO2S/c1-2-8-3-5-9(6-4-8)11-13-10(7-16-11)12(14)15/h3-7H,2H2,1H3,(H,14,15)/p-1. The number of carboxylic acids is 1. The summed E-state index contributed by atoms with van der Waals surface area (Å²) in [6.45, 7) is 2.09. The maximum absolute atomic E-state index is 10.6. The minimum absolute atomic E-state index is 0.000400. The monoisotopic (exact) mass is 232 g/mol. The first-order valence-electron chi connectivity index (χ1n) is 4.97. The molecule has 1 aromatic carbocycles. The number of carboxylic acid groups (broad SMARTS) is 1. The third kappa shape index (κ3) is 2.12. The second-order valence-corrected chi connectivity index (χ2v) is 4.23. The summed E-state index contributed by atoms with van der Waals surface area (Å²) in [6, 6.07) is 7.96. The van der Waals surface area contributed by atoms with Gasteiger partial charge in [-0.25, -0.2) is 4.98 Å². The van der Waals surface area contributed by atoms with Gasteiger partial charge in [-0.1, -0.05) is 31.2 Å². The zero-order valence-electron chi connectivity index (χ0n) is 8.77. The van der Waals surface area contributed by atoms with Gasteiger partial charge in [0, 0.05) is 10.9 Å². The van der Waals surface area contributed by atoms with Gasteiger partial charge in [0.2, 0.25) is 0 Å². The number of aryl methyl sites for hydroxylation is 1. The van der Waals surface area contributed by atoms with Crippen LogP contribution in [-0.4, -0.2) is 11.0 Å². The molecule has 1 aromatic heterocycles. The fraction of sp³-hybridized carbons (Fsp3) is 0.167. The second kappa shape index (κ2) is 4.45. The first kappa shape index (κ1) is 10.8. The molecule has 0 aliphatic rings. The number of aromatic nitrogens is 1. The van der Waals surface area contributed by atoms with E-state index in [1.165, 1.54) is 22.3 Å². The number of hydrogen-bond donors (Lipinski definition) is 0. The molecule has 16 heavy (non-hydrogen) atoms. The first-order valence-corrected chi connectivity index (χ1v) is 5.85. The van der Waals surface area contributed by atoms with Gasteiger partial charge in [-0.05, 0) is 12.0 Å². The van der Waals surface area contributed by atoms with Crippen molar-refractivity contribution in [3.05, 3.63) is 40.9 Å². The van der Waals surface area contributed by atoms with Gasteiger partial charge in [0.05, 0.1) is 11.7 Å². The molecule has 4 heteroatoms. The maximum Gasteiger partial charge on any atom is 0.124 e. The SMILES string of the molecule is CCc1ccc(-c2nc(C(=O)[O-])cs2)cc1. The van der Waals surface area contributed by atoms with Crippen LogP contribution < -0.4 is 5.11 Å². The Labute approximate surface area is 97.4 Å². The van der Waals surface area contributed by atoms with Gasteiger partial charge in [0.25, 0.3) is 0 Å². The van der Waals surface area contributed by atoms with E-state index in [2.05, 4.69) is 11.9 Å². The van der Waals surface area contributed by atoms with Crippen LogP contribution in [-0.2, 0) is 6.42 Å². The molecule has 2 rings (SSSR count). The van der Waals surface area contributed by atoms with E-state index in [1.54, 1.807) is 0 Å². The van der Waals surface area contributed by atoms with Crippen molar-refractivity contribution in [3.63, 3.8) is 0 Å². The minimum Gasteiger partial charge on any atom is -0.543 e. The molecular formula is C12H10NO2S-. The molecule has 1 heterocycles. The molecule has 3 nitrogen and oxygen atoms in total. The average Bonchev–Trinajstić information content (AvgIpc) is 2.78. The van der Waals surface area contributed by atoms with Crippen molar-refractivity contribution in [2.75, 3.05) is 0 Å². The molecule has 0 atom stereocenters. The predicted molar refractivity (Wildman–Crippen MR) is 61.3 cm³/mol. The van der Waals surface area contributed by atoms with Crippen molar-refractivity contribution in [2.24, 2.45) is 0 Å². The zero-order valence-corrected chi connectivity index (χ0v) is 9.58. The lowest BCUT2D eigenvalue weighted by atomic mass is 10.1. The van der Waals surface area contributed by atoms with Gasteiger partial charge < -0.3 is 9.90 Å². The lowest BCUT2D eigenvalue weighted by Crippen LogP contribution is -2.22. The van der Waals surface area contributed by atoms with E-state index in [0.29, 0.717) is 5.01 Å². The van der Waals surface area contributed by atoms with E-state index in [4.69, 9.17) is 0 Å². The number of carbonyl (C=O) groups excluding carboxylic acids is 1. The summed E-state index contributed by atoms with van der Waals surface area (Å²) in [5, 5.41) is 12.8. The Morgan fingerprint density at radius 2 is 2.06 bits per heavy atom. The minimum atomic E-state index is -1.23. The number of carbonyl (C=O) groups is 1. The van der Waals surface area contributed by atoms with Crippen LogP contribution in [0, 0.1) is 0 Å². The van der Waals surface area contributed by atoms with Crippen LogP contribution in [0.5, 0.6) is 0 Å². The fourth-order valence-corrected chi connectivity index (χ4v) is 2.18. The van der Waals surface area contributed by atoms with E-state index in [1.807, 2.05) is 24.3 Å². The van der Waals surface area contributed by atoms with Gasteiger partial charge in [-0.15, -0.1) is 11.3 Å². The molecule has 0 amide bonds. The Morgan fingerprint density at radius 1 is 1.38 bits per heavy atom. The van der Waals surface area contributed by atoms with E-state index in [0.717, 1.165) is 12.0 Å². The fourth-order valence-electron chi connectivity index (χ4n) is 1.38. The molecule has 0 saturated heterocycles. The summed E-state index contributed by atoms with van der Waals surface area (Å²) in [5.74, 6) is -1.23. The van der Waals surface area contributed by atoms with Crippen LogP contribution in [0.3, 0.4) is 0 Å². The lowest BCUT2D eigenvalue weighted by molar-refractivity contribution is -0.255. The number of aromatic carboxylic acids is 1. The van der Waals surface area contributed by atoms with Crippen LogP contribution in [0.1, 0.15) is 23.0 Å². The third-order valence-corrected chi connectivity index (χ3v) is 3.21. The van der Waals surface area contributed by atoms with E-state index < -0.39 is 5.97 Å². The van der Waals surface area contributed by atoms with Crippen molar-refractivity contribution < 1.29 is 9.90 Å². The summed E-state index contributed by atoms with van der Waals surface area (Å²) < 4.78 is 0. The van der Waals surface area contributed by atoms with Crippen molar-refractivity contribution in [2.45, 2.75) is 13.3 Å². The molecule has 0 aliphatic carbocycles. The number of benzene rings is 1. The van der Waals surface area contributed by atoms with Gasteiger partial charge in [0.1, 0.15) is 5.01 Å². The Morgan fingerprint density at radius 3 is 2.56 bits per heavy atom. The Hall–Kier alpha value is -1.68. The van der Waals surface area contributed by atoms with Crippen LogP contribution in [0.25, 0.3) is 10.6 Å². The largest absolute Gasteiger partial charge is 0.543 e. The molecule has 0 bridgehead atoms. The highest BCUT2D eigenvalue weighted by molar-refractivity contribution is 7.13. The average molecular weight is 232 g/mol. The van der Waals surface area contributed by atoms with Crippen LogP contribution >= 0.6 is 11.3 Å². The van der Waals surface area contributed by atoms with E-state index >= 15 is 0 Å². The smallest absolute Gasteiger partial charge is 0.124 e. The summed E-state index contributed by atoms with van der Waals surface area (Å²) >= 11 is 1.31. The van der Waals surface area contributed by atoms with Crippen molar-refractivity contribution in [1.82, 2.24) is 4.98 Å². The Balaban J connectivity index is 2.31. The highest BCUT2D eigenvalue weighted by atomic mass is 32.1. The lowest BCUT2D eigenvalue weighted by Gasteiger charge is -1.99. The molecule has 0 N–H and O–H groups in total. The van der Waals surface area contributed by atoms with E-state index in [-0.39, 0.29) is 5.69 Å². The summed E-state index contributed by atoms with van der Waals surface area (Å²) in [4.78, 5) is 14.6. The molecular weight excluding hydrogens is 222 g/mol. The van der Waals surface area contributed by atoms with Crippen LogP contribution in [0.4, 0.5) is 0 Å². The van der Waals surface area contributed by atoms with Crippen molar-refractivity contribution >= 4 is 17.3 Å². The van der Waals surface area contributed by atoms with Crippen molar-refractivity contribution in [1.29, 1.82) is 0 Å². The summed E-state index contributed by atoms with van der Waals surface area (Å²) in [7, 11) is 0. The van der Waals surface area contributed by atoms with Gasteiger partial charge >= 0.3 is 0 Å². The molecule has 0 spiro atoms.